The number of nitrogens with zero attached hydrogens (tertiary/aromatic N) is 6. The smallest absolute Gasteiger partial charge is 0.238 e. The molecule has 0 N–H and O–H groups in total. The Bertz CT molecular complexity index is 2430. The molecule has 0 saturated carbocycles. The molecule has 0 amide bonds. The molecular formula is C37H22N6S. The molecule has 9 aromatic rings. The number of benzene rings is 4. The van der Waals surface area contributed by atoms with E-state index in [1.54, 1.807) is 17.5 Å². The van der Waals surface area contributed by atoms with E-state index >= 15 is 0 Å². The van der Waals surface area contributed by atoms with Gasteiger partial charge < -0.3 is 0 Å². The minimum atomic E-state index is 0.550. The molecule has 0 radical (unpaired) electrons. The average molecular weight is 583 g/mol. The lowest BCUT2D eigenvalue weighted by Gasteiger charge is -2.11. The quantitative estimate of drug-likeness (QED) is 0.207. The van der Waals surface area contributed by atoms with Gasteiger partial charge in [-0.25, -0.2) is 9.97 Å². The average Bonchev–Trinajstić information content (AvgIpc) is 3.64. The summed E-state index contributed by atoms with van der Waals surface area (Å²) in [7, 11) is 0. The zero-order chi connectivity index (χ0) is 29.0. The van der Waals surface area contributed by atoms with Gasteiger partial charge in [0.2, 0.25) is 5.95 Å². The van der Waals surface area contributed by atoms with Crippen molar-refractivity contribution in [3.63, 3.8) is 0 Å². The fourth-order valence-corrected chi connectivity index (χ4v) is 7.17. The van der Waals surface area contributed by atoms with Crippen LogP contribution >= 0.6 is 11.3 Å². The molecule has 0 saturated heterocycles. The molecule has 0 atom stereocenters. The Morgan fingerprint density at radius 3 is 1.93 bits per heavy atom. The molecule has 0 aliphatic carbocycles. The summed E-state index contributed by atoms with van der Waals surface area (Å²) in [6.07, 6.45) is 3.64. The number of aromatic nitrogens is 6. The van der Waals surface area contributed by atoms with Gasteiger partial charge in [-0.3, -0.25) is 9.55 Å². The van der Waals surface area contributed by atoms with Crippen LogP contribution in [-0.2, 0) is 0 Å². The minimum absolute atomic E-state index is 0.550. The first kappa shape index (κ1) is 24.8. The molecular weight excluding hydrogens is 561 g/mol. The number of hydrogen-bond donors (Lipinski definition) is 0. The van der Waals surface area contributed by atoms with Crippen molar-refractivity contribution >= 4 is 53.4 Å². The number of pyridine rings is 2. The van der Waals surface area contributed by atoms with Crippen LogP contribution < -0.4 is 0 Å². The van der Waals surface area contributed by atoms with Gasteiger partial charge in [0.1, 0.15) is 0 Å². The van der Waals surface area contributed by atoms with Crippen molar-refractivity contribution in [2.24, 2.45) is 0 Å². The van der Waals surface area contributed by atoms with Crippen molar-refractivity contribution in [2.75, 3.05) is 0 Å². The zero-order valence-electron chi connectivity index (χ0n) is 23.3. The lowest BCUT2D eigenvalue weighted by Crippen LogP contribution is -2.06. The highest BCUT2D eigenvalue weighted by Gasteiger charge is 2.22. The molecule has 0 spiro atoms. The summed E-state index contributed by atoms with van der Waals surface area (Å²) in [4.78, 5) is 24.7. The van der Waals surface area contributed by atoms with Gasteiger partial charge >= 0.3 is 0 Å². The van der Waals surface area contributed by atoms with Gasteiger partial charge in [0, 0.05) is 54.6 Å². The second-order valence-electron chi connectivity index (χ2n) is 10.6. The number of fused-ring (bicyclic) bond motifs is 7. The van der Waals surface area contributed by atoms with Crippen LogP contribution in [0.2, 0.25) is 0 Å². The van der Waals surface area contributed by atoms with Gasteiger partial charge in [-0.2, -0.15) is 9.97 Å². The van der Waals surface area contributed by atoms with Crippen LogP contribution in [0.15, 0.2) is 134 Å². The summed E-state index contributed by atoms with van der Waals surface area (Å²) in [6.45, 7) is 0. The van der Waals surface area contributed by atoms with Crippen LogP contribution in [0, 0.1) is 0 Å². The Labute approximate surface area is 256 Å². The van der Waals surface area contributed by atoms with Crippen molar-refractivity contribution < 1.29 is 0 Å². The standard InChI is InChI=1S/C37H22N6S/c1-3-10-23(11-4-1)35-40-36(24-12-5-2-6-13-24)42-37(41-35)43-29-19-17-27-26-15-7-8-16-31(26)44-34(27)32(29)33-30(43)20-18-28(39-33)25-14-9-21-38-22-25/h1-22H. The van der Waals surface area contributed by atoms with Gasteiger partial charge in [-0.15, -0.1) is 11.3 Å². The van der Waals surface area contributed by atoms with E-state index in [4.69, 9.17) is 19.9 Å². The molecule has 6 nitrogen and oxygen atoms in total. The molecule has 7 heteroatoms. The van der Waals surface area contributed by atoms with E-state index in [2.05, 4.69) is 52.0 Å². The van der Waals surface area contributed by atoms with E-state index in [1.807, 2.05) is 85.1 Å². The summed E-state index contributed by atoms with van der Waals surface area (Å²) in [5.74, 6) is 1.79. The lowest BCUT2D eigenvalue weighted by atomic mass is 10.1. The maximum absolute atomic E-state index is 5.28. The second-order valence-corrected chi connectivity index (χ2v) is 11.6. The first-order valence-electron chi connectivity index (χ1n) is 14.3. The summed E-state index contributed by atoms with van der Waals surface area (Å²) in [5, 5.41) is 3.56. The van der Waals surface area contributed by atoms with Crippen LogP contribution in [0.3, 0.4) is 0 Å². The summed E-state index contributed by atoms with van der Waals surface area (Å²) in [6, 6.07) is 41.2. The Hall–Kier alpha value is -5.79. The van der Waals surface area contributed by atoms with Crippen LogP contribution in [0.4, 0.5) is 0 Å². The maximum atomic E-state index is 5.28. The summed E-state index contributed by atoms with van der Waals surface area (Å²) in [5.41, 5.74) is 6.53. The highest BCUT2D eigenvalue weighted by molar-refractivity contribution is 7.26. The van der Waals surface area contributed by atoms with Gasteiger partial charge in [0.05, 0.1) is 22.2 Å². The summed E-state index contributed by atoms with van der Waals surface area (Å²) < 4.78 is 4.58. The van der Waals surface area contributed by atoms with Crippen molar-refractivity contribution in [1.29, 1.82) is 0 Å². The van der Waals surface area contributed by atoms with Crippen LogP contribution in [0.25, 0.3) is 82.1 Å². The van der Waals surface area contributed by atoms with Crippen molar-refractivity contribution in [2.45, 2.75) is 0 Å². The normalized spacial score (nSPS) is 11.6. The number of rotatable bonds is 4. The molecule has 0 bridgehead atoms. The van der Waals surface area contributed by atoms with Crippen molar-refractivity contribution in [1.82, 2.24) is 29.5 Å². The molecule has 206 valence electrons. The first-order valence-corrected chi connectivity index (χ1v) is 15.2. The maximum Gasteiger partial charge on any atom is 0.238 e. The van der Waals surface area contributed by atoms with E-state index < -0.39 is 0 Å². The predicted molar refractivity (Wildman–Crippen MR) is 179 cm³/mol. The fourth-order valence-electron chi connectivity index (χ4n) is 5.93. The first-order chi connectivity index (χ1) is 21.8. The third-order valence-corrected chi connectivity index (χ3v) is 9.17. The summed E-state index contributed by atoms with van der Waals surface area (Å²) >= 11 is 1.80. The molecule has 0 fully saturated rings. The Morgan fingerprint density at radius 1 is 0.523 bits per heavy atom. The molecule has 5 aromatic heterocycles. The van der Waals surface area contributed by atoms with Gasteiger partial charge in [-0.1, -0.05) is 84.9 Å². The monoisotopic (exact) mass is 582 g/mol. The molecule has 0 aliphatic rings. The van der Waals surface area contributed by atoms with Crippen LogP contribution in [-0.4, -0.2) is 29.5 Å². The van der Waals surface area contributed by atoms with E-state index in [9.17, 15) is 0 Å². The zero-order valence-corrected chi connectivity index (χ0v) is 24.1. The van der Waals surface area contributed by atoms with Crippen molar-refractivity contribution in [3.05, 3.63) is 134 Å². The van der Waals surface area contributed by atoms with Crippen LogP contribution in [0.5, 0.6) is 0 Å². The van der Waals surface area contributed by atoms with E-state index in [0.29, 0.717) is 17.6 Å². The minimum Gasteiger partial charge on any atom is -0.276 e. The SMILES string of the molecule is c1ccc(-c2nc(-c3ccccc3)nc(-n3c4ccc(-c5cccnc5)nc4c4c5sc6ccccc6c5ccc43)n2)cc1. The molecule has 4 aromatic carbocycles. The van der Waals surface area contributed by atoms with Crippen molar-refractivity contribution in [3.8, 4) is 40.0 Å². The molecule has 0 unspecified atom stereocenters. The Balaban J connectivity index is 1.40. The molecule has 0 aliphatic heterocycles. The molecule has 44 heavy (non-hydrogen) atoms. The van der Waals surface area contributed by atoms with Crippen LogP contribution in [0.1, 0.15) is 0 Å². The topological polar surface area (TPSA) is 69.4 Å². The number of thiophene rings is 1. The van der Waals surface area contributed by atoms with E-state index in [0.717, 1.165) is 44.3 Å². The van der Waals surface area contributed by atoms with E-state index in [-0.39, 0.29) is 0 Å². The van der Waals surface area contributed by atoms with Gasteiger partial charge in [-0.05, 0) is 36.4 Å². The van der Waals surface area contributed by atoms with E-state index in [1.165, 1.54) is 20.2 Å². The predicted octanol–water partition coefficient (Wildman–Crippen LogP) is 9.13. The Kier molecular flexibility index (Phi) is 5.57. The largest absolute Gasteiger partial charge is 0.276 e. The highest BCUT2D eigenvalue weighted by atomic mass is 32.1. The second kappa shape index (κ2) is 9.90. The Morgan fingerprint density at radius 2 is 1.20 bits per heavy atom. The van der Waals surface area contributed by atoms with Gasteiger partial charge in [0.15, 0.2) is 11.6 Å². The number of hydrogen-bond acceptors (Lipinski definition) is 6. The molecule has 9 rings (SSSR count). The third kappa shape index (κ3) is 3.91. The third-order valence-electron chi connectivity index (χ3n) is 7.96. The highest BCUT2D eigenvalue weighted by Crippen LogP contribution is 2.43. The fraction of sp³-hybridized carbons (Fsp3) is 0. The molecule has 5 heterocycles. The van der Waals surface area contributed by atoms with Gasteiger partial charge in [0.25, 0.3) is 0 Å². The lowest BCUT2D eigenvalue weighted by molar-refractivity contribution is 0.953.